The third-order valence-corrected chi connectivity index (χ3v) is 2.74. The summed E-state index contributed by atoms with van der Waals surface area (Å²) in [6.07, 6.45) is -3.03. The van der Waals surface area contributed by atoms with Gasteiger partial charge in [-0.1, -0.05) is 38.1 Å². The molecule has 0 aliphatic rings. The van der Waals surface area contributed by atoms with E-state index in [0.717, 1.165) is 6.07 Å². The first-order valence-electron chi connectivity index (χ1n) is 5.16. The van der Waals surface area contributed by atoms with E-state index in [4.69, 9.17) is 0 Å². The zero-order valence-electron chi connectivity index (χ0n) is 9.18. The second-order valence-electron chi connectivity index (χ2n) is 3.82. The number of benzene rings is 1. The zero-order chi connectivity index (χ0) is 12.3. The van der Waals surface area contributed by atoms with Crippen LogP contribution >= 0.6 is 0 Å². The van der Waals surface area contributed by atoms with Crippen LogP contribution in [0.2, 0.25) is 0 Å². The zero-order valence-corrected chi connectivity index (χ0v) is 9.18. The Hall–Kier alpha value is -1.06. The van der Waals surface area contributed by atoms with Crippen LogP contribution in [0.5, 0.6) is 0 Å². The summed E-state index contributed by atoms with van der Waals surface area (Å²) in [7, 11) is 0. The SMILES string of the molecule is CCC(C)c1ccccc1C(F)(F)C(F)F. The molecule has 0 bridgehead atoms. The van der Waals surface area contributed by atoms with Crippen LogP contribution in [0.4, 0.5) is 17.6 Å². The Labute approximate surface area is 92.3 Å². The van der Waals surface area contributed by atoms with E-state index in [1.165, 1.54) is 12.1 Å². The van der Waals surface area contributed by atoms with Crippen LogP contribution in [-0.2, 0) is 5.92 Å². The molecule has 0 saturated carbocycles. The van der Waals surface area contributed by atoms with E-state index >= 15 is 0 Å². The van der Waals surface area contributed by atoms with Crippen molar-refractivity contribution in [1.29, 1.82) is 0 Å². The Balaban J connectivity index is 3.23. The maximum absolute atomic E-state index is 13.3. The van der Waals surface area contributed by atoms with Gasteiger partial charge in [-0.3, -0.25) is 0 Å². The minimum Gasteiger partial charge on any atom is -0.203 e. The largest absolute Gasteiger partial charge is 0.332 e. The molecule has 1 unspecified atom stereocenters. The number of hydrogen-bond donors (Lipinski definition) is 0. The highest BCUT2D eigenvalue weighted by molar-refractivity contribution is 5.34. The lowest BCUT2D eigenvalue weighted by atomic mass is 9.91. The summed E-state index contributed by atoms with van der Waals surface area (Å²) in [5, 5.41) is 0. The predicted molar refractivity (Wildman–Crippen MR) is 55.0 cm³/mol. The highest BCUT2D eigenvalue weighted by Crippen LogP contribution is 2.39. The molecule has 0 amide bonds. The molecular weight excluding hydrogens is 220 g/mol. The first-order chi connectivity index (χ1) is 7.41. The molecule has 0 heterocycles. The number of rotatable bonds is 4. The third-order valence-electron chi connectivity index (χ3n) is 2.74. The Kier molecular flexibility index (Phi) is 3.94. The molecule has 1 aromatic carbocycles. The predicted octanol–water partition coefficient (Wildman–Crippen LogP) is 4.56. The van der Waals surface area contributed by atoms with Crippen molar-refractivity contribution in [2.75, 3.05) is 0 Å². The Morgan fingerprint density at radius 1 is 1.19 bits per heavy atom. The molecule has 0 N–H and O–H groups in total. The summed E-state index contributed by atoms with van der Waals surface area (Å²) in [4.78, 5) is 0. The van der Waals surface area contributed by atoms with Crippen LogP contribution in [0.1, 0.15) is 37.3 Å². The van der Waals surface area contributed by atoms with Gasteiger partial charge in [0.25, 0.3) is 0 Å². The minimum atomic E-state index is -4.07. The lowest BCUT2D eigenvalue weighted by molar-refractivity contribution is -0.135. The third kappa shape index (κ3) is 2.36. The van der Waals surface area contributed by atoms with E-state index in [2.05, 4.69) is 0 Å². The molecule has 1 rings (SSSR count). The van der Waals surface area contributed by atoms with E-state index in [9.17, 15) is 17.6 Å². The molecule has 16 heavy (non-hydrogen) atoms. The topological polar surface area (TPSA) is 0 Å². The van der Waals surface area contributed by atoms with E-state index < -0.39 is 17.9 Å². The fraction of sp³-hybridized carbons (Fsp3) is 0.500. The normalized spacial score (nSPS) is 14.2. The summed E-state index contributed by atoms with van der Waals surface area (Å²) in [5.74, 6) is -4.22. The molecule has 90 valence electrons. The van der Waals surface area contributed by atoms with Gasteiger partial charge in [0.15, 0.2) is 0 Å². The molecule has 0 spiro atoms. The van der Waals surface area contributed by atoms with Crippen LogP contribution in [0, 0.1) is 0 Å². The number of halogens is 4. The van der Waals surface area contributed by atoms with Crippen LogP contribution < -0.4 is 0 Å². The van der Waals surface area contributed by atoms with Crippen molar-refractivity contribution < 1.29 is 17.6 Å². The molecule has 0 aromatic heterocycles. The quantitative estimate of drug-likeness (QED) is 0.670. The first-order valence-corrected chi connectivity index (χ1v) is 5.16. The van der Waals surface area contributed by atoms with Gasteiger partial charge in [0, 0.05) is 5.56 Å². The lowest BCUT2D eigenvalue weighted by Gasteiger charge is -2.21. The molecule has 0 nitrogen and oxygen atoms in total. The van der Waals surface area contributed by atoms with Crippen molar-refractivity contribution in [2.45, 2.75) is 38.5 Å². The van der Waals surface area contributed by atoms with E-state index in [0.29, 0.717) is 12.0 Å². The maximum Gasteiger partial charge on any atom is 0.332 e. The lowest BCUT2D eigenvalue weighted by Crippen LogP contribution is -2.25. The van der Waals surface area contributed by atoms with Gasteiger partial charge < -0.3 is 0 Å². The minimum absolute atomic E-state index is 0.152. The summed E-state index contributed by atoms with van der Waals surface area (Å²) in [5.41, 5.74) is -0.255. The monoisotopic (exact) mass is 234 g/mol. The van der Waals surface area contributed by atoms with Crippen molar-refractivity contribution in [1.82, 2.24) is 0 Å². The van der Waals surface area contributed by atoms with Gasteiger partial charge in [0.1, 0.15) is 0 Å². The number of alkyl halides is 4. The summed E-state index contributed by atoms with van der Waals surface area (Å²) < 4.78 is 51.2. The summed E-state index contributed by atoms with van der Waals surface area (Å²) >= 11 is 0. The average molecular weight is 234 g/mol. The molecule has 4 heteroatoms. The first kappa shape index (κ1) is 13.0. The van der Waals surface area contributed by atoms with Crippen molar-refractivity contribution in [2.24, 2.45) is 0 Å². The maximum atomic E-state index is 13.3. The van der Waals surface area contributed by atoms with Crippen molar-refractivity contribution in [3.63, 3.8) is 0 Å². The fourth-order valence-corrected chi connectivity index (χ4v) is 1.57. The highest BCUT2D eigenvalue weighted by Gasteiger charge is 2.44. The van der Waals surface area contributed by atoms with Gasteiger partial charge in [-0.25, -0.2) is 8.78 Å². The molecule has 0 aliphatic heterocycles. The van der Waals surface area contributed by atoms with Crippen LogP contribution in [-0.4, -0.2) is 6.43 Å². The van der Waals surface area contributed by atoms with Gasteiger partial charge in [-0.05, 0) is 17.9 Å². The van der Waals surface area contributed by atoms with Gasteiger partial charge in [0.2, 0.25) is 0 Å². The van der Waals surface area contributed by atoms with Crippen LogP contribution in [0.15, 0.2) is 24.3 Å². The molecule has 0 radical (unpaired) electrons. The molecule has 0 saturated heterocycles. The van der Waals surface area contributed by atoms with Crippen molar-refractivity contribution in [3.8, 4) is 0 Å². The molecular formula is C12H14F4. The van der Waals surface area contributed by atoms with E-state index in [-0.39, 0.29) is 5.92 Å². The van der Waals surface area contributed by atoms with E-state index in [1.807, 2.05) is 6.92 Å². The molecule has 0 fully saturated rings. The molecule has 1 atom stereocenters. The average Bonchev–Trinajstić information content (AvgIpc) is 2.27. The van der Waals surface area contributed by atoms with Gasteiger partial charge >= 0.3 is 12.3 Å². The van der Waals surface area contributed by atoms with Crippen LogP contribution in [0.3, 0.4) is 0 Å². The Bertz CT molecular complexity index is 347. The van der Waals surface area contributed by atoms with Gasteiger partial charge in [-0.15, -0.1) is 0 Å². The van der Waals surface area contributed by atoms with E-state index in [1.54, 1.807) is 13.0 Å². The second kappa shape index (κ2) is 4.85. The van der Waals surface area contributed by atoms with Gasteiger partial charge in [0.05, 0.1) is 0 Å². The fourth-order valence-electron chi connectivity index (χ4n) is 1.57. The Morgan fingerprint density at radius 3 is 2.25 bits per heavy atom. The van der Waals surface area contributed by atoms with Crippen molar-refractivity contribution in [3.05, 3.63) is 35.4 Å². The second-order valence-corrected chi connectivity index (χ2v) is 3.82. The Morgan fingerprint density at radius 2 is 1.75 bits per heavy atom. The summed E-state index contributed by atoms with van der Waals surface area (Å²) in [6.45, 7) is 3.59. The molecule has 1 aromatic rings. The number of hydrogen-bond acceptors (Lipinski definition) is 0. The van der Waals surface area contributed by atoms with Crippen LogP contribution in [0.25, 0.3) is 0 Å². The smallest absolute Gasteiger partial charge is 0.203 e. The summed E-state index contributed by atoms with van der Waals surface area (Å²) in [6, 6.07) is 5.51. The standard InChI is InChI=1S/C12H14F4/c1-3-8(2)9-6-4-5-7-10(9)12(15,16)11(13)14/h4-8,11H,3H2,1-2H3. The van der Waals surface area contributed by atoms with Gasteiger partial charge in [-0.2, -0.15) is 8.78 Å². The highest BCUT2D eigenvalue weighted by atomic mass is 19.3. The van der Waals surface area contributed by atoms with Crippen molar-refractivity contribution >= 4 is 0 Å². The molecule has 0 aliphatic carbocycles.